The van der Waals surface area contributed by atoms with Crippen LogP contribution in [0.3, 0.4) is 0 Å². The van der Waals surface area contributed by atoms with Crippen molar-refractivity contribution in [1.82, 2.24) is 4.98 Å². The highest BCUT2D eigenvalue weighted by molar-refractivity contribution is 6.52. The fourth-order valence-corrected chi connectivity index (χ4v) is 3.03. The normalized spacial score (nSPS) is 15.2. The lowest BCUT2D eigenvalue weighted by Gasteiger charge is -2.18. The Morgan fingerprint density at radius 3 is 2.67 bits per heavy atom. The van der Waals surface area contributed by atoms with E-state index in [1.165, 1.54) is 32.1 Å². The van der Waals surface area contributed by atoms with E-state index in [4.69, 9.17) is 5.73 Å². The van der Waals surface area contributed by atoms with Gasteiger partial charge in [0.15, 0.2) is 13.0 Å². The van der Waals surface area contributed by atoms with E-state index in [9.17, 15) is 9.59 Å². The molecule has 24 heavy (non-hydrogen) atoms. The predicted octanol–water partition coefficient (Wildman–Crippen LogP) is 2.01. The minimum Gasteiger partial charge on any atom is -0.364 e. The van der Waals surface area contributed by atoms with Gasteiger partial charge in [-0.2, -0.15) is 0 Å². The van der Waals surface area contributed by atoms with Crippen LogP contribution in [-0.4, -0.2) is 24.1 Å². The van der Waals surface area contributed by atoms with Crippen molar-refractivity contribution in [3.8, 4) is 0 Å². The number of hydrogen-bond donors (Lipinski definition) is 2. The molecule has 0 aliphatic heterocycles. The zero-order chi connectivity index (χ0) is 17.5. The highest BCUT2D eigenvalue weighted by Gasteiger charge is 2.16. The monoisotopic (exact) mass is 325 g/mol. The topological polar surface area (TPSA) is 85.1 Å². The molecule has 2 amide bonds. The molecule has 0 radical (unpaired) electrons. The number of nitrogens with zero attached hydrogens (tertiary/aromatic N) is 1. The number of anilines is 1. The molecule has 2 rings (SSSR count). The minimum absolute atomic E-state index is 0.0804. The van der Waals surface area contributed by atoms with E-state index in [0.29, 0.717) is 18.9 Å². The zero-order valence-electron chi connectivity index (χ0n) is 14.2. The molecule has 1 aromatic heterocycles. The number of nitrogens with one attached hydrogen (secondary N) is 1. The Balaban J connectivity index is 2.35. The van der Waals surface area contributed by atoms with Crippen molar-refractivity contribution >= 4 is 36.5 Å². The lowest BCUT2D eigenvalue weighted by Crippen LogP contribution is -2.27. The summed E-state index contributed by atoms with van der Waals surface area (Å²) in [6, 6.07) is 1.77. The molecule has 0 aromatic carbocycles. The van der Waals surface area contributed by atoms with Crippen LogP contribution in [0.25, 0.3) is 6.08 Å². The summed E-state index contributed by atoms with van der Waals surface area (Å²) in [4.78, 5) is 27.6. The lowest BCUT2D eigenvalue weighted by atomic mass is 9.74. The Bertz CT molecular complexity index is 664. The number of carbonyl (C=O) groups excluding carboxylic acids is 2. The maximum atomic E-state index is 11.6. The summed E-state index contributed by atoms with van der Waals surface area (Å²) >= 11 is 0. The number of hydrogen-bond acceptors (Lipinski definition) is 3. The third kappa shape index (κ3) is 4.57. The number of pyridine rings is 1. The van der Waals surface area contributed by atoms with Gasteiger partial charge in [-0.3, -0.25) is 14.6 Å². The Morgan fingerprint density at radius 2 is 2.08 bits per heavy atom. The van der Waals surface area contributed by atoms with Gasteiger partial charge in [-0.05, 0) is 36.5 Å². The summed E-state index contributed by atoms with van der Waals surface area (Å²) in [6.07, 6.45) is 11.7. The standard InChI is InChI=1S/C18H24BN3O2/c1-3-15(23)21-14-11-13(10-9-12-7-5-4-6-8-12)17(19-2)22-16(14)18(20)24/h3,9-12,19H,1,4-8H2,2H3,(H2,20,24)(H,21,23)/b10-9+. The Kier molecular flexibility index (Phi) is 6.35. The average Bonchev–Trinajstić information content (AvgIpc) is 2.60. The number of nitrogens with two attached hydrogens (primary N) is 1. The zero-order valence-corrected chi connectivity index (χ0v) is 14.2. The van der Waals surface area contributed by atoms with Gasteiger partial charge in [-0.25, -0.2) is 0 Å². The molecule has 0 bridgehead atoms. The molecule has 3 N–H and O–H groups in total. The van der Waals surface area contributed by atoms with Gasteiger partial charge < -0.3 is 11.1 Å². The average molecular weight is 325 g/mol. The van der Waals surface area contributed by atoms with Crippen molar-refractivity contribution in [3.05, 3.63) is 36.1 Å². The van der Waals surface area contributed by atoms with E-state index >= 15 is 0 Å². The first-order valence-electron chi connectivity index (χ1n) is 8.50. The quantitative estimate of drug-likeness (QED) is 0.620. The van der Waals surface area contributed by atoms with Crippen LogP contribution in [0, 0.1) is 5.92 Å². The predicted molar refractivity (Wildman–Crippen MR) is 99.8 cm³/mol. The van der Waals surface area contributed by atoms with Gasteiger partial charge >= 0.3 is 0 Å². The van der Waals surface area contributed by atoms with E-state index in [2.05, 4.69) is 29.0 Å². The highest BCUT2D eigenvalue weighted by Crippen LogP contribution is 2.25. The molecule has 6 heteroatoms. The van der Waals surface area contributed by atoms with E-state index in [-0.39, 0.29) is 5.69 Å². The highest BCUT2D eigenvalue weighted by atomic mass is 16.2. The first-order valence-corrected chi connectivity index (χ1v) is 8.50. The van der Waals surface area contributed by atoms with Crippen molar-refractivity contribution < 1.29 is 9.59 Å². The molecule has 0 spiro atoms. The van der Waals surface area contributed by atoms with Gasteiger partial charge in [0, 0.05) is 5.59 Å². The first-order chi connectivity index (χ1) is 11.5. The molecule has 0 saturated heterocycles. The fourth-order valence-electron chi connectivity index (χ4n) is 3.03. The smallest absolute Gasteiger partial charge is 0.269 e. The van der Waals surface area contributed by atoms with Crippen LogP contribution in [-0.2, 0) is 4.79 Å². The van der Waals surface area contributed by atoms with E-state index in [1.807, 2.05) is 6.82 Å². The molecule has 1 aliphatic carbocycles. The second-order valence-corrected chi connectivity index (χ2v) is 6.09. The molecule has 1 aliphatic rings. The molecule has 1 fully saturated rings. The number of amides is 2. The molecule has 126 valence electrons. The molecular weight excluding hydrogens is 301 g/mol. The molecule has 0 atom stereocenters. The van der Waals surface area contributed by atoms with Crippen LogP contribution in [0.4, 0.5) is 5.69 Å². The van der Waals surface area contributed by atoms with Crippen molar-refractivity contribution in [1.29, 1.82) is 0 Å². The van der Waals surface area contributed by atoms with Gasteiger partial charge in [0.25, 0.3) is 5.91 Å². The van der Waals surface area contributed by atoms with E-state index in [0.717, 1.165) is 17.2 Å². The van der Waals surface area contributed by atoms with Gasteiger partial charge in [0.2, 0.25) is 5.91 Å². The molecular formula is C18H24BN3O2. The molecule has 5 nitrogen and oxygen atoms in total. The van der Waals surface area contributed by atoms with Gasteiger partial charge in [-0.15, -0.1) is 0 Å². The van der Waals surface area contributed by atoms with E-state index in [1.54, 1.807) is 6.07 Å². The maximum Gasteiger partial charge on any atom is 0.269 e. The number of carbonyl (C=O) groups is 2. The largest absolute Gasteiger partial charge is 0.364 e. The van der Waals surface area contributed by atoms with Gasteiger partial charge in [0.05, 0.1) is 5.69 Å². The summed E-state index contributed by atoms with van der Waals surface area (Å²) in [6.45, 7) is 5.40. The van der Waals surface area contributed by atoms with Crippen molar-refractivity contribution in [2.24, 2.45) is 11.7 Å². The third-order valence-corrected chi connectivity index (χ3v) is 4.34. The van der Waals surface area contributed by atoms with Crippen molar-refractivity contribution in [2.45, 2.75) is 38.9 Å². The summed E-state index contributed by atoms with van der Waals surface area (Å²) in [7, 11) is 0.681. The van der Waals surface area contributed by atoms with Crippen molar-refractivity contribution in [3.63, 3.8) is 0 Å². The first kappa shape index (κ1) is 18.0. The summed E-state index contributed by atoms with van der Waals surface area (Å²) < 4.78 is 0. The Morgan fingerprint density at radius 1 is 1.38 bits per heavy atom. The minimum atomic E-state index is -0.660. The van der Waals surface area contributed by atoms with Crippen molar-refractivity contribution in [2.75, 3.05) is 5.32 Å². The van der Waals surface area contributed by atoms with Gasteiger partial charge in [0.1, 0.15) is 0 Å². The second kappa shape index (κ2) is 8.48. The number of allylic oxidation sites excluding steroid dienone is 1. The Hall–Kier alpha value is -2.37. The van der Waals surface area contributed by atoms with Crippen LogP contribution in [0.15, 0.2) is 24.8 Å². The van der Waals surface area contributed by atoms with Crippen LogP contribution in [0.2, 0.25) is 6.82 Å². The van der Waals surface area contributed by atoms with Crippen LogP contribution in [0.5, 0.6) is 0 Å². The summed E-state index contributed by atoms with van der Waals surface area (Å²) in [5.74, 6) is -0.469. The van der Waals surface area contributed by atoms with Crippen LogP contribution < -0.4 is 16.6 Å². The number of rotatable bonds is 6. The number of primary amides is 1. The lowest BCUT2D eigenvalue weighted by molar-refractivity contribution is -0.111. The fraction of sp³-hybridized carbons (Fsp3) is 0.389. The van der Waals surface area contributed by atoms with Crippen LogP contribution >= 0.6 is 0 Å². The molecule has 1 heterocycles. The van der Waals surface area contributed by atoms with Crippen LogP contribution in [0.1, 0.15) is 48.2 Å². The third-order valence-electron chi connectivity index (χ3n) is 4.34. The molecule has 0 unspecified atom stereocenters. The molecule has 1 aromatic rings. The number of aromatic nitrogens is 1. The van der Waals surface area contributed by atoms with E-state index < -0.39 is 11.8 Å². The second-order valence-electron chi connectivity index (χ2n) is 6.09. The Labute approximate surface area is 143 Å². The van der Waals surface area contributed by atoms with Gasteiger partial charge in [-0.1, -0.05) is 44.8 Å². The maximum absolute atomic E-state index is 11.6. The summed E-state index contributed by atoms with van der Waals surface area (Å²) in [5, 5.41) is 2.62. The summed E-state index contributed by atoms with van der Waals surface area (Å²) in [5.41, 5.74) is 7.52. The SMILES string of the molecule is C=CC(=O)Nc1cc(/C=C/C2CCCCC2)c(BC)nc1C(N)=O. The molecule has 1 saturated carbocycles.